The second kappa shape index (κ2) is 6.26. The van der Waals surface area contributed by atoms with E-state index in [1.165, 1.54) is 5.56 Å². The minimum absolute atomic E-state index is 0. The van der Waals surface area contributed by atoms with Crippen molar-refractivity contribution < 1.29 is 8.42 Å². The standard InChI is InChI=1S/C10H13N2O2S.Al.2H/c13-15(14)12-10-3-1-8(2-4-10)9-5-6-11-7-9;;;/h1-4,9,11H,5-7H2,(H,12,13,14);;;/q-1;+1;;/t9-;;;/m0.../s1. The second-order valence-electron chi connectivity index (χ2n) is 3.65. The van der Waals surface area contributed by atoms with E-state index in [0.717, 1.165) is 19.5 Å². The number of hydrogen-bond donors (Lipinski definition) is 2. The van der Waals surface area contributed by atoms with E-state index in [0.29, 0.717) is 11.6 Å². The molecule has 2 rings (SSSR count). The summed E-state index contributed by atoms with van der Waals surface area (Å²) in [4.78, 5) is 0. The zero-order valence-corrected chi connectivity index (χ0v) is 12.0. The fraction of sp³-hybridized carbons (Fsp3) is 0.400. The third-order valence-electron chi connectivity index (χ3n) is 2.64. The molecule has 1 atom stereocenters. The average Bonchev–Trinajstić information content (AvgIpc) is 2.71. The van der Waals surface area contributed by atoms with Crippen molar-refractivity contribution in [1.82, 2.24) is 5.32 Å². The molecule has 0 radical (unpaired) electrons. The first-order chi connectivity index (χ1) is 7.25. The van der Waals surface area contributed by atoms with E-state index in [4.69, 9.17) is 0 Å². The Labute approximate surface area is 108 Å². The SMILES string of the molecule is O=[S-](=O)Nc1ccc([C@H]2CCNC2)cc1.[AlH2+]. The van der Waals surface area contributed by atoms with E-state index in [-0.39, 0.29) is 17.4 Å². The Morgan fingerprint density at radius 2 is 1.94 bits per heavy atom. The van der Waals surface area contributed by atoms with Gasteiger partial charge in [0.1, 0.15) is 0 Å². The maximum atomic E-state index is 10.4. The van der Waals surface area contributed by atoms with Crippen LogP contribution >= 0.6 is 0 Å². The van der Waals surface area contributed by atoms with Crippen molar-refractivity contribution in [2.24, 2.45) is 0 Å². The number of nitrogens with one attached hydrogen (secondary N) is 2. The summed E-state index contributed by atoms with van der Waals surface area (Å²) in [6.07, 6.45) is 1.15. The summed E-state index contributed by atoms with van der Waals surface area (Å²) in [6.45, 7) is 2.08. The predicted octanol–water partition coefficient (Wildman–Crippen LogP) is 0.483. The van der Waals surface area contributed by atoms with Gasteiger partial charge in [-0.3, -0.25) is 0 Å². The molecule has 1 aliphatic rings. The predicted molar refractivity (Wildman–Crippen MR) is 67.6 cm³/mol. The van der Waals surface area contributed by atoms with Crippen LogP contribution in [0.1, 0.15) is 17.9 Å². The molecule has 0 spiro atoms. The van der Waals surface area contributed by atoms with Crippen LogP contribution in [0.4, 0.5) is 5.69 Å². The molecule has 1 heterocycles. The van der Waals surface area contributed by atoms with Gasteiger partial charge in [-0.15, -0.1) is 0 Å². The van der Waals surface area contributed by atoms with Gasteiger partial charge in [-0.05, 0) is 36.6 Å². The van der Waals surface area contributed by atoms with Crippen LogP contribution in [-0.4, -0.2) is 30.5 Å². The molecular formula is C10H15AlN2O2S. The Balaban J connectivity index is 0.00000128. The van der Waals surface area contributed by atoms with Crippen LogP contribution in [0.5, 0.6) is 0 Å². The molecule has 1 aromatic rings. The number of benzene rings is 1. The summed E-state index contributed by atoms with van der Waals surface area (Å²) in [5.74, 6) is 0.566. The molecule has 16 heavy (non-hydrogen) atoms. The number of hydrogen-bond acceptors (Lipinski definition) is 4. The van der Waals surface area contributed by atoms with Crippen molar-refractivity contribution >= 4 is 33.9 Å². The normalized spacial score (nSPS) is 19.4. The maximum absolute atomic E-state index is 10.4. The van der Waals surface area contributed by atoms with Crippen LogP contribution in [0.15, 0.2) is 24.3 Å². The van der Waals surface area contributed by atoms with Gasteiger partial charge in [0, 0.05) is 23.1 Å². The molecule has 1 aromatic carbocycles. The van der Waals surface area contributed by atoms with Gasteiger partial charge in [-0.1, -0.05) is 12.1 Å². The third-order valence-corrected chi connectivity index (χ3v) is 3.05. The Morgan fingerprint density at radius 1 is 1.25 bits per heavy atom. The zero-order valence-electron chi connectivity index (χ0n) is 9.23. The molecule has 0 bridgehead atoms. The van der Waals surface area contributed by atoms with E-state index >= 15 is 0 Å². The molecule has 0 saturated carbocycles. The molecule has 1 saturated heterocycles. The van der Waals surface area contributed by atoms with Crippen molar-refractivity contribution in [3.63, 3.8) is 0 Å². The van der Waals surface area contributed by atoms with Crippen molar-refractivity contribution in [3.05, 3.63) is 29.8 Å². The fourth-order valence-electron chi connectivity index (χ4n) is 1.86. The van der Waals surface area contributed by atoms with Gasteiger partial charge in [0.2, 0.25) is 0 Å². The Bertz CT molecular complexity index is 392. The summed E-state index contributed by atoms with van der Waals surface area (Å²) in [5, 5.41) is 3.30. The monoisotopic (exact) mass is 254 g/mol. The summed E-state index contributed by atoms with van der Waals surface area (Å²) in [6, 6.07) is 7.55. The average molecular weight is 254 g/mol. The molecule has 0 unspecified atom stereocenters. The van der Waals surface area contributed by atoms with Gasteiger partial charge < -0.3 is 18.5 Å². The van der Waals surface area contributed by atoms with Gasteiger partial charge in [-0.2, -0.15) is 0 Å². The second-order valence-corrected chi connectivity index (χ2v) is 4.32. The third kappa shape index (κ3) is 3.49. The molecule has 1 fully saturated rings. The molecule has 0 aliphatic carbocycles. The molecule has 0 amide bonds. The topological polar surface area (TPSA) is 58.2 Å². The van der Waals surface area contributed by atoms with Gasteiger partial charge in [0.15, 0.2) is 0 Å². The molecule has 0 aromatic heterocycles. The first kappa shape index (κ1) is 13.5. The quantitative estimate of drug-likeness (QED) is 0.609. The van der Waals surface area contributed by atoms with Crippen LogP contribution in [0.2, 0.25) is 0 Å². The van der Waals surface area contributed by atoms with E-state index in [1.54, 1.807) is 12.1 Å². The van der Waals surface area contributed by atoms with Gasteiger partial charge >= 0.3 is 17.4 Å². The Kier molecular flexibility index (Phi) is 5.29. The molecule has 2 N–H and O–H groups in total. The van der Waals surface area contributed by atoms with E-state index in [1.807, 2.05) is 12.1 Å². The fourth-order valence-corrected chi connectivity index (χ4v) is 2.19. The van der Waals surface area contributed by atoms with Gasteiger partial charge in [0.25, 0.3) is 0 Å². The summed E-state index contributed by atoms with van der Waals surface area (Å²) >= 11 is 0. The minimum atomic E-state index is -2.24. The van der Waals surface area contributed by atoms with E-state index in [2.05, 4.69) is 10.0 Å². The first-order valence-electron chi connectivity index (χ1n) is 4.92. The zero-order chi connectivity index (χ0) is 10.7. The van der Waals surface area contributed by atoms with E-state index in [9.17, 15) is 8.42 Å². The molecule has 6 heteroatoms. The summed E-state index contributed by atoms with van der Waals surface area (Å²) in [5.41, 5.74) is 1.88. The van der Waals surface area contributed by atoms with Crippen molar-refractivity contribution in [1.29, 1.82) is 0 Å². The van der Waals surface area contributed by atoms with Gasteiger partial charge in [-0.25, -0.2) is 0 Å². The first-order valence-corrected chi connectivity index (χ1v) is 6.00. The molecular weight excluding hydrogens is 239 g/mol. The van der Waals surface area contributed by atoms with Crippen LogP contribution < -0.4 is 10.0 Å². The van der Waals surface area contributed by atoms with Gasteiger partial charge in [0.05, 0.1) is 0 Å². The van der Waals surface area contributed by atoms with Crippen molar-refractivity contribution in [2.45, 2.75) is 12.3 Å². The van der Waals surface area contributed by atoms with Crippen molar-refractivity contribution in [3.8, 4) is 0 Å². The van der Waals surface area contributed by atoms with Crippen LogP contribution in [-0.2, 0) is 19.3 Å². The Morgan fingerprint density at radius 3 is 2.44 bits per heavy atom. The summed E-state index contributed by atoms with van der Waals surface area (Å²) < 4.78 is 23.1. The molecule has 86 valence electrons. The van der Waals surface area contributed by atoms with Crippen molar-refractivity contribution in [2.75, 3.05) is 17.8 Å². The molecule has 4 nitrogen and oxygen atoms in total. The van der Waals surface area contributed by atoms with Crippen LogP contribution in [0.3, 0.4) is 0 Å². The Hall–Kier alpha value is -0.538. The summed E-state index contributed by atoms with van der Waals surface area (Å²) in [7, 11) is -2.24. The molecule has 1 aliphatic heterocycles. The van der Waals surface area contributed by atoms with Crippen LogP contribution in [0.25, 0.3) is 0 Å². The number of anilines is 1. The van der Waals surface area contributed by atoms with E-state index < -0.39 is 10.9 Å². The number of rotatable bonds is 3. The van der Waals surface area contributed by atoms with Crippen LogP contribution in [0, 0.1) is 0 Å².